The van der Waals surface area contributed by atoms with Crippen molar-refractivity contribution in [3.05, 3.63) is 35.0 Å². The molecule has 98 valence electrons. The van der Waals surface area contributed by atoms with Crippen molar-refractivity contribution < 1.29 is 9.59 Å². The molecule has 0 aliphatic carbocycles. The van der Waals surface area contributed by atoms with Gasteiger partial charge in [0.25, 0.3) is 5.91 Å². The van der Waals surface area contributed by atoms with E-state index in [9.17, 15) is 9.59 Å². The molecule has 0 aromatic carbocycles. The van der Waals surface area contributed by atoms with Crippen LogP contribution in [-0.4, -0.2) is 21.8 Å². The van der Waals surface area contributed by atoms with Gasteiger partial charge in [-0.25, -0.2) is 9.97 Å². The van der Waals surface area contributed by atoms with Crippen LogP contribution < -0.4 is 10.6 Å². The second kappa shape index (κ2) is 5.57. The highest BCUT2D eigenvalue weighted by molar-refractivity contribution is 7.14. The van der Waals surface area contributed by atoms with Crippen LogP contribution in [0.3, 0.4) is 0 Å². The Kier molecular flexibility index (Phi) is 3.86. The first-order valence-corrected chi connectivity index (χ1v) is 6.39. The maximum Gasteiger partial charge on any atom is 0.276 e. The second-order valence-corrected chi connectivity index (χ2v) is 4.75. The van der Waals surface area contributed by atoms with Crippen molar-refractivity contribution in [3.63, 3.8) is 0 Å². The lowest BCUT2D eigenvalue weighted by Crippen LogP contribution is -2.13. The Labute approximate surface area is 113 Å². The molecule has 2 rings (SSSR count). The molecule has 2 aromatic rings. The Morgan fingerprint density at radius 3 is 2.68 bits per heavy atom. The predicted octanol–water partition coefficient (Wildman–Crippen LogP) is 2.06. The van der Waals surface area contributed by atoms with E-state index in [4.69, 9.17) is 0 Å². The van der Waals surface area contributed by atoms with E-state index in [1.54, 1.807) is 17.6 Å². The van der Waals surface area contributed by atoms with Gasteiger partial charge in [0, 0.05) is 18.5 Å². The van der Waals surface area contributed by atoms with E-state index >= 15 is 0 Å². The number of amides is 2. The van der Waals surface area contributed by atoms with Gasteiger partial charge in [-0.05, 0) is 18.6 Å². The summed E-state index contributed by atoms with van der Waals surface area (Å²) in [4.78, 5) is 30.8. The van der Waals surface area contributed by atoms with Crippen LogP contribution in [0.4, 0.5) is 10.9 Å². The fourth-order valence-corrected chi connectivity index (χ4v) is 2.04. The number of thiazole rings is 1. The zero-order valence-corrected chi connectivity index (χ0v) is 11.2. The fraction of sp³-hybridized carbons (Fsp3) is 0.167. The molecule has 0 atom stereocenters. The maximum absolute atomic E-state index is 11.9. The highest BCUT2D eigenvalue weighted by Gasteiger charge is 2.12. The van der Waals surface area contributed by atoms with Gasteiger partial charge in [-0.3, -0.25) is 9.59 Å². The zero-order valence-electron chi connectivity index (χ0n) is 10.4. The average Bonchev–Trinajstić information content (AvgIpc) is 2.80. The van der Waals surface area contributed by atoms with Gasteiger partial charge in [-0.2, -0.15) is 0 Å². The molecular weight excluding hydrogens is 264 g/mol. The summed E-state index contributed by atoms with van der Waals surface area (Å²) in [5, 5.41) is 7.13. The van der Waals surface area contributed by atoms with Gasteiger partial charge in [-0.15, -0.1) is 11.3 Å². The summed E-state index contributed by atoms with van der Waals surface area (Å²) in [6.45, 7) is 3.30. The molecule has 2 aromatic heterocycles. The molecule has 2 heterocycles. The largest absolute Gasteiger partial charge is 0.305 e. The fourth-order valence-electron chi connectivity index (χ4n) is 1.31. The van der Waals surface area contributed by atoms with E-state index in [2.05, 4.69) is 20.6 Å². The van der Waals surface area contributed by atoms with Gasteiger partial charge in [0.1, 0.15) is 11.5 Å². The van der Waals surface area contributed by atoms with Crippen LogP contribution in [0, 0.1) is 6.92 Å². The first-order chi connectivity index (χ1) is 9.04. The molecule has 0 spiro atoms. The summed E-state index contributed by atoms with van der Waals surface area (Å²) in [7, 11) is 0. The van der Waals surface area contributed by atoms with Crippen molar-refractivity contribution in [3.8, 4) is 0 Å². The third-order valence-corrected chi connectivity index (χ3v) is 2.93. The Morgan fingerprint density at radius 1 is 1.26 bits per heavy atom. The number of carbonyl (C=O) groups excluding carboxylic acids is 2. The van der Waals surface area contributed by atoms with Crippen LogP contribution in [0.1, 0.15) is 23.0 Å². The summed E-state index contributed by atoms with van der Waals surface area (Å²) in [6.07, 6.45) is 1.67. The van der Waals surface area contributed by atoms with E-state index < -0.39 is 0 Å². The van der Waals surface area contributed by atoms with Crippen molar-refractivity contribution >= 4 is 34.1 Å². The van der Waals surface area contributed by atoms with Gasteiger partial charge in [0.05, 0.1) is 0 Å². The molecule has 0 unspecified atom stereocenters. The van der Waals surface area contributed by atoms with Crippen molar-refractivity contribution in [1.29, 1.82) is 0 Å². The Hall–Kier alpha value is -2.28. The summed E-state index contributed by atoms with van der Waals surface area (Å²) in [6, 6.07) is 3.57. The van der Waals surface area contributed by atoms with Crippen molar-refractivity contribution in [2.45, 2.75) is 13.8 Å². The smallest absolute Gasteiger partial charge is 0.276 e. The van der Waals surface area contributed by atoms with E-state index in [-0.39, 0.29) is 17.5 Å². The van der Waals surface area contributed by atoms with Crippen LogP contribution >= 0.6 is 11.3 Å². The van der Waals surface area contributed by atoms with Crippen molar-refractivity contribution in [2.75, 3.05) is 10.6 Å². The molecule has 2 amide bonds. The van der Waals surface area contributed by atoms with Crippen LogP contribution in [0.15, 0.2) is 23.7 Å². The number of carbonyl (C=O) groups is 2. The quantitative estimate of drug-likeness (QED) is 0.898. The minimum Gasteiger partial charge on any atom is -0.305 e. The molecule has 0 bridgehead atoms. The normalized spacial score (nSPS) is 10.0. The van der Waals surface area contributed by atoms with E-state index in [1.165, 1.54) is 18.3 Å². The number of aryl methyl sites for hydroxylation is 1. The average molecular weight is 276 g/mol. The van der Waals surface area contributed by atoms with E-state index in [0.29, 0.717) is 10.9 Å². The summed E-state index contributed by atoms with van der Waals surface area (Å²) >= 11 is 1.19. The Bertz CT molecular complexity index is 606. The number of rotatable bonds is 3. The topological polar surface area (TPSA) is 84.0 Å². The molecule has 6 nitrogen and oxygen atoms in total. The molecule has 0 radical (unpaired) electrons. The highest BCUT2D eigenvalue weighted by Crippen LogP contribution is 2.16. The van der Waals surface area contributed by atoms with Gasteiger partial charge < -0.3 is 10.6 Å². The third kappa shape index (κ3) is 3.59. The molecule has 0 saturated carbocycles. The molecular formula is C12H12N4O2S. The number of nitrogens with zero attached hydrogens (tertiary/aromatic N) is 2. The molecule has 19 heavy (non-hydrogen) atoms. The van der Waals surface area contributed by atoms with E-state index in [0.717, 1.165) is 5.56 Å². The van der Waals surface area contributed by atoms with Crippen LogP contribution in [-0.2, 0) is 4.79 Å². The number of aromatic nitrogens is 2. The minimum absolute atomic E-state index is 0.221. The Morgan fingerprint density at radius 2 is 2.05 bits per heavy atom. The third-order valence-electron chi connectivity index (χ3n) is 2.17. The first kappa shape index (κ1) is 13.2. The van der Waals surface area contributed by atoms with Gasteiger partial charge in [-0.1, -0.05) is 6.07 Å². The van der Waals surface area contributed by atoms with Crippen LogP contribution in [0.5, 0.6) is 0 Å². The number of nitrogens with one attached hydrogen (secondary N) is 2. The zero-order chi connectivity index (χ0) is 13.8. The summed E-state index contributed by atoms with van der Waals surface area (Å²) < 4.78 is 0. The van der Waals surface area contributed by atoms with Gasteiger partial charge in [0.15, 0.2) is 5.13 Å². The number of hydrogen-bond donors (Lipinski definition) is 2. The van der Waals surface area contributed by atoms with E-state index in [1.807, 2.05) is 13.0 Å². The van der Waals surface area contributed by atoms with Gasteiger partial charge in [0.2, 0.25) is 5.91 Å². The van der Waals surface area contributed by atoms with Crippen LogP contribution in [0.2, 0.25) is 0 Å². The lowest BCUT2D eigenvalue weighted by atomic mass is 10.3. The summed E-state index contributed by atoms with van der Waals surface area (Å²) in [5.74, 6) is -0.115. The molecule has 0 saturated heterocycles. The number of pyridine rings is 1. The Balaban J connectivity index is 2.05. The maximum atomic E-state index is 11.9. The second-order valence-electron chi connectivity index (χ2n) is 3.89. The molecule has 0 aliphatic heterocycles. The lowest BCUT2D eigenvalue weighted by molar-refractivity contribution is -0.114. The van der Waals surface area contributed by atoms with Crippen molar-refractivity contribution in [2.24, 2.45) is 0 Å². The lowest BCUT2D eigenvalue weighted by Gasteiger charge is -2.02. The van der Waals surface area contributed by atoms with Gasteiger partial charge >= 0.3 is 0 Å². The number of anilines is 2. The van der Waals surface area contributed by atoms with Crippen LogP contribution in [0.25, 0.3) is 0 Å². The SMILES string of the molecule is CC(=O)Nc1nc(C(=O)Nc2ccc(C)cn2)cs1. The first-order valence-electron chi connectivity index (χ1n) is 5.52. The molecule has 0 aliphatic rings. The molecule has 0 fully saturated rings. The highest BCUT2D eigenvalue weighted by atomic mass is 32.1. The molecule has 2 N–H and O–H groups in total. The van der Waals surface area contributed by atoms with Crippen molar-refractivity contribution in [1.82, 2.24) is 9.97 Å². The molecule has 7 heteroatoms. The monoisotopic (exact) mass is 276 g/mol. The summed E-state index contributed by atoms with van der Waals surface area (Å²) in [5.41, 5.74) is 1.26. The standard InChI is InChI=1S/C12H12N4O2S/c1-7-3-4-10(13-5-7)16-11(18)9-6-19-12(15-9)14-8(2)17/h3-6H,1-2H3,(H,13,16,18)(H,14,15,17). The minimum atomic E-state index is -0.357. The number of hydrogen-bond acceptors (Lipinski definition) is 5. The predicted molar refractivity (Wildman–Crippen MR) is 73.3 cm³/mol.